The number of urea groups is 1. The van der Waals surface area contributed by atoms with Gasteiger partial charge in [-0.3, -0.25) is 9.69 Å². The van der Waals surface area contributed by atoms with Gasteiger partial charge in [-0.25, -0.2) is 9.10 Å². The van der Waals surface area contributed by atoms with Crippen LogP contribution < -0.4 is 0 Å². The zero-order chi connectivity index (χ0) is 13.1. The Kier molecular flexibility index (Phi) is 3.53. The van der Waals surface area contributed by atoms with Crippen molar-refractivity contribution in [2.24, 2.45) is 0 Å². The lowest BCUT2D eigenvalue weighted by molar-refractivity contribution is -0.122. The van der Waals surface area contributed by atoms with Gasteiger partial charge < -0.3 is 0 Å². The third-order valence-corrected chi connectivity index (χ3v) is 2.91. The van der Waals surface area contributed by atoms with Gasteiger partial charge in [0, 0.05) is 6.54 Å². The Balaban J connectivity index is 2.35. The summed E-state index contributed by atoms with van der Waals surface area (Å²) in [6.07, 6.45) is 3.14. The molecule has 0 atom stereocenters. The van der Waals surface area contributed by atoms with Crippen LogP contribution in [0.4, 0.5) is 4.79 Å². The molecule has 0 unspecified atom stereocenters. The zero-order valence-electron chi connectivity index (χ0n) is 9.61. The normalized spacial score (nSPS) is 17.7. The van der Waals surface area contributed by atoms with Gasteiger partial charge in [0.2, 0.25) is 0 Å². The summed E-state index contributed by atoms with van der Waals surface area (Å²) in [7, 11) is 0. The molecular weight excluding hydrogens is 248 g/mol. The molecule has 0 aromatic heterocycles. The van der Waals surface area contributed by atoms with E-state index in [1.54, 1.807) is 6.08 Å². The number of rotatable bonds is 3. The first kappa shape index (κ1) is 12.4. The molecule has 1 aliphatic rings. The van der Waals surface area contributed by atoms with E-state index in [-0.39, 0.29) is 18.1 Å². The molecule has 0 N–H and O–H groups in total. The minimum atomic E-state index is -0.453. The standard InChI is InChI=1S/C13H12N2O2S/c1-2-8-14-12(16)11(15(18)13(14)17)9-10-6-4-3-5-7-10/h2-7,9,18H,1,8H2. The number of hydrogen-bond donors (Lipinski definition) is 1. The molecule has 92 valence electrons. The summed E-state index contributed by atoms with van der Waals surface area (Å²) in [5, 5.41) is 0. The van der Waals surface area contributed by atoms with Crippen LogP contribution >= 0.6 is 12.8 Å². The van der Waals surface area contributed by atoms with Gasteiger partial charge in [0.05, 0.1) is 0 Å². The van der Waals surface area contributed by atoms with Gasteiger partial charge in [-0.1, -0.05) is 49.2 Å². The summed E-state index contributed by atoms with van der Waals surface area (Å²) in [6.45, 7) is 3.70. The molecule has 0 saturated carbocycles. The summed E-state index contributed by atoms with van der Waals surface area (Å²) in [5.41, 5.74) is 1.09. The van der Waals surface area contributed by atoms with Crippen molar-refractivity contribution in [1.82, 2.24) is 9.21 Å². The molecule has 1 heterocycles. The minimum Gasteiger partial charge on any atom is -0.267 e. The van der Waals surface area contributed by atoms with Gasteiger partial charge in [-0.05, 0) is 11.6 Å². The summed E-state index contributed by atoms with van der Waals surface area (Å²) in [6, 6.07) is 8.85. The number of hydrogen-bond acceptors (Lipinski definition) is 3. The molecule has 1 aromatic rings. The van der Waals surface area contributed by atoms with E-state index in [1.807, 2.05) is 30.3 Å². The van der Waals surface area contributed by atoms with Crippen LogP contribution in [-0.2, 0) is 4.79 Å². The van der Waals surface area contributed by atoms with E-state index < -0.39 is 6.03 Å². The van der Waals surface area contributed by atoms with Gasteiger partial charge in [0.25, 0.3) is 5.91 Å². The van der Waals surface area contributed by atoms with Crippen molar-refractivity contribution in [3.05, 3.63) is 54.2 Å². The second-order valence-electron chi connectivity index (χ2n) is 3.74. The third kappa shape index (κ3) is 2.17. The first-order valence-corrected chi connectivity index (χ1v) is 5.77. The van der Waals surface area contributed by atoms with E-state index >= 15 is 0 Å². The molecule has 2 rings (SSSR count). The first-order valence-electron chi connectivity index (χ1n) is 5.37. The zero-order valence-corrected chi connectivity index (χ0v) is 10.5. The predicted molar refractivity (Wildman–Crippen MR) is 72.6 cm³/mol. The molecule has 4 nitrogen and oxygen atoms in total. The number of carbonyl (C=O) groups is 2. The Morgan fingerprint density at radius 2 is 1.89 bits per heavy atom. The monoisotopic (exact) mass is 260 g/mol. The largest absolute Gasteiger partial charge is 0.342 e. The summed E-state index contributed by atoms with van der Waals surface area (Å²) >= 11 is 4.04. The molecule has 5 heteroatoms. The lowest BCUT2D eigenvalue weighted by Gasteiger charge is -2.08. The number of amides is 3. The van der Waals surface area contributed by atoms with Crippen LogP contribution in [0.1, 0.15) is 5.56 Å². The maximum absolute atomic E-state index is 12.0. The second-order valence-corrected chi connectivity index (χ2v) is 4.14. The molecule has 0 radical (unpaired) electrons. The molecule has 1 saturated heterocycles. The number of carbonyl (C=O) groups excluding carboxylic acids is 2. The molecule has 18 heavy (non-hydrogen) atoms. The molecular formula is C13H12N2O2S. The number of imide groups is 1. The third-order valence-electron chi connectivity index (χ3n) is 2.52. The second kappa shape index (κ2) is 5.10. The van der Waals surface area contributed by atoms with E-state index in [4.69, 9.17) is 0 Å². The highest BCUT2D eigenvalue weighted by molar-refractivity contribution is 7.78. The van der Waals surface area contributed by atoms with Gasteiger partial charge in [0.1, 0.15) is 5.70 Å². The Bertz CT molecular complexity index is 525. The van der Waals surface area contributed by atoms with Crippen molar-refractivity contribution in [1.29, 1.82) is 0 Å². The maximum atomic E-state index is 12.0. The highest BCUT2D eigenvalue weighted by Crippen LogP contribution is 2.24. The van der Waals surface area contributed by atoms with Crippen molar-refractivity contribution in [3.8, 4) is 0 Å². The summed E-state index contributed by atoms with van der Waals surface area (Å²) in [5.74, 6) is -0.362. The Hall–Kier alpha value is -2.01. The molecule has 0 bridgehead atoms. The molecule has 0 aliphatic carbocycles. The van der Waals surface area contributed by atoms with Crippen molar-refractivity contribution in [3.63, 3.8) is 0 Å². The van der Waals surface area contributed by atoms with Gasteiger partial charge in [-0.15, -0.1) is 6.58 Å². The fraction of sp³-hybridized carbons (Fsp3) is 0.0769. The Labute approximate surface area is 111 Å². The number of thiol groups is 1. The lowest BCUT2D eigenvalue weighted by atomic mass is 10.2. The highest BCUT2D eigenvalue weighted by atomic mass is 32.1. The number of benzene rings is 1. The van der Waals surface area contributed by atoms with Gasteiger partial charge in [-0.2, -0.15) is 0 Å². The van der Waals surface area contributed by atoms with Crippen LogP contribution in [0, 0.1) is 0 Å². The Morgan fingerprint density at radius 3 is 2.50 bits per heavy atom. The fourth-order valence-corrected chi connectivity index (χ4v) is 1.90. The van der Waals surface area contributed by atoms with Gasteiger partial charge >= 0.3 is 6.03 Å². The first-order chi connectivity index (χ1) is 8.65. The van der Waals surface area contributed by atoms with E-state index in [0.29, 0.717) is 0 Å². The predicted octanol–water partition coefficient (Wildman–Crippen LogP) is 2.32. The molecule has 0 spiro atoms. The van der Waals surface area contributed by atoms with Crippen LogP contribution in [-0.4, -0.2) is 27.7 Å². The average molecular weight is 260 g/mol. The van der Waals surface area contributed by atoms with Crippen LogP contribution in [0.3, 0.4) is 0 Å². The minimum absolute atomic E-state index is 0.181. The average Bonchev–Trinajstić information content (AvgIpc) is 2.58. The molecule has 1 aliphatic heterocycles. The van der Waals surface area contributed by atoms with Gasteiger partial charge in [0.15, 0.2) is 0 Å². The summed E-state index contributed by atoms with van der Waals surface area (Å²) in [4.78, 5) is 24.9. The van der Waals surface area contributed by atoms with Crippen LogP contribution in [0.5, 0.6) is 0 Å². The lowest BCUT2D eigenvalue weighted by Crippen LogP contribution is -2.30. The van der Waals surface area contributed by atoms with E-state index in [9.17, 15) is 9.59 Å². The van der Waals surface area contributed by atoms with Crippen LogP contribution in [0.15, 0.2) is 48.7 Å². The number of nitrogens with zero attached hydrogens (tertiary/aromatic N) is 2. The topological polar surface area (TPSA) is 40.6 Å². The fourth-order valence-electron chi connectivity index (χ4n) is 1.65. The van der Waals surface area contributed by atoms with E-state index in [2.05, 4.69) is 19.4 Å². The SMILES string of the molecule is C=CCN1C(=O)C(=Cc2ccccc2)N(S)C1=O. The van der Waals surface area contributed by atoms with Crippen molar-refractivity contribution < 1.29 is 9.59 Å². The maximum Gasteiger partial charge on any atom is 0.342 e. The quantitative estimate of drug-likeness (QED) is 0.392. The molecule has 3 amide bonds. The van der Waals surface area contributed by atoms with E-state index in [1.165, 1.54) is 6.08 Å². The smallest absolute Gasteiger partial charge is 0.267 e. The van der Waals surface area contributed by atoms with Crippen LogP contribution in [0.2, 0.25) is 0 Å². The van der Waals surface area contributed by atoms with E-state index in [0.717, 1.165) is 14.8 Å². The molecule has 1 aromatic carbocycles. The van der Waals surface area contributed by atoms with Crippen molar-refractivity contribution in [2.45, 2.75) is 0 Å². The van der Waals surface area contributed by atoms with Crippen molar-refractivity contribution >= 4 is 30.8 Å². The van der Waals surface area contributed by atoms with Crippen molar-refractivity contribution in [2.75, 3.05) is 6.54 Å². The molecule has 1 fully saturated rings. The van der Waals surface area contributed by atoms with Crippen LogP contribution in [0.25, 0.3) is 6.08 Å². The Morgan fingerprint density at radius 1 is 1.22 bits per heavy atom. The summed E-state index contributed by atoms with van der Waals surface area (Å²) < 4.78 is 1.05. The highest BCUT2D eigenvalue weighted by Gasteiger charge is 2.38.